The summed E-state index contributed by atoms with van der Waals surface area (Å²) in [5.74, 6) is 0.480. The average molecular weight is 456 g/mol. The maximum absolute atomic E-state index is 6.00. The van der Waals surface area contributed by atoms with E-state index in [1.165, 1.54) is 16.0 Å². The minimum atomic E-state index is 0. The van der Waals surface area contributed by atoms with Crippen molar-refractivity contribution < 1.29 is 0 Å². The van der Waals surface area contributed by atoms with Crippen molar-refractivity contribution in [2.24, 2.45) is 10.7 Å². The molecule has 1 unspecified atom stereocenters. The fourth-order valence-corrected chi connectivity index (χ4v) is 3.71. The first-order chi connectivity index (χ1) is 11.1. The summed E-state index contributed by atoms with van der Waals surface area (Å²) in [5, 5.41) is 5.34. The summed E-state index contributed by atoms with van der Waals surface area (Å²) >= 11 is 1.88. The number of nitrogens with zero attached hydrogens (tertiary/aromatic N) is 2. The summed E-state index contributed by atoms with van der Waals surface area (Å²) in [6, 6.07) is 10.8. The second-order valence-electron chi connectivity index (χ2n) is 6.16. The molecule has 2 aromatic rings. The fourth-order valence-electron chi connectivity index (χ4n) is 2.82. The highest BCUT2D eigenvalue weighted by Crippen LogP contribution is 2.25. The molecule has 24 heavy (non-hydrogen) atoms. The van der Waals surface area contributed by atoms with E-state index >= 15 is 0 Å². The number of thiophene rings is 1. The summed E-state index contributed by atoms with van der Waals surface area (Å²) in [6.07, 6.45) is 1.15. The van der Waals surface area contributed by atoms with Crippen LogP contribution in [0.1, 0.15) is 22.9 Å². The number of hydrogen-bond donors (Lipinski definition) is 2. The van der Waals surface area contributed by atoms with Gasteiger partial charge in [-0.1, -0.05) is 17.7 Å². The van der Waals surface area contributed by atoms with Crippen molar-refractivity contribution in [1.29, 1.82) is 0 Å². The smallest absolute Gasteiger partial charge is 0.193 e. The normalized spacial score (nSPS) is 16.2. The van der Waals surface area contributed by atoms with E-state index in [1.807, 2.05) is 23.5 Å². The second-order valence-corrected chi connectivity index (χ2v) is 7.16. The Bertz CT molecular complexity index is 681. The minimum absolute atomic E-state index is 0. The minimum Gasteiger partial charge on any atom is -0.370 e. The lowest BCUT2D eigenvalue weighted by Gasteiger charge is -2.31. The van der Waals surface area contributed by atoms with E-state index in [9.17, 15) is 0 Å². The SMILES string of the molecule is Cc1ccc(NC(N)=NCC(C)N2CCc3sccc3C2)cc1.I. The summed E-state index contributed by atoms with van der Waals surface area (Å²) in [5.41, 5.74) is 9.69. The van der Waals surface area contributed by atoms with Gasteiger partial charge in [0.2, 0.25) is 0 Å². The van der Waals surface area contributed by atoms with Crippen LogP contribution in [0.15, 0.2) is 40.7 Å². The van der Waals surface area contributed by atoms with Gasteiger partial charge in [-0.15, -0.1) is 35.3 Å². The number of aryl methyl sites for hydroxylation is 1. The number of anilines is 1. The summed E-state index contributed by atoms with van der Waals surface area (Å²) in [4.78, 5) is 8.53. The molecule has 0 bridgehead atoms. The van der Waals surface area contributed by atoms with Crippen LogP contribution in [0.4, 0.5) is 5.69 Å². The molecule has 0 saturated carbocycles. The van der Waals surface area contributed by atoms with E-state index in [0.29, 0.717) is 18.5 Å². The number of hydrogen-bond acceptors (Lipinski definition) is 3. The van der Waals surface area contributed by atoms with Crippen LogP contribution < -0.4 is 11.1 Å². The molecule has 0 aliphatic carbocycles. The lowest BCUT2D eigenvalue weighted by Crippen LogP contribution is -2.39. The first-order valence-corrected chi connectivity index (χ1v) is 8.92. The van der Waals surface area contributed by atoms with E-state index in [2.05, 4.69) is 52.6 Å². The van der Waals surface area contributed by atoms with E-state index < -0.39 is 0 Å². The molecule has 0 radical (unpaired) electrons. The number of aliphatic imine (C=N–C) groups is 1. The van der Waals surface area contributed by atoms with Crippen LogP contribution in [-0.2, 0) is 13.0 Å². The van der Waals surface area contributed by atoms with Gasteiger partial charge in [-0.25, -0.2) is 0 Å². The van der Waals surface area contributed by atoms with Gasteiger partial charge in [0.25, 0.3) is 0 Å². The molecule has 1 aromatic carbocycles. The fraction of sp³-hybridized carbons (Fsp3) is 0.389. The molecule has 1 atom stereocenters. The van der Waals surface area contributed by atoms with Crippen LogP contribution in [0.5, 0.6) is 0 Å². The van der Waals surface area contributed by atoms with E-state index in [-0.39, 0.29) is 24.0 Å². The van der Waals surface area contributed by atoms with E-state index in [0.717, 1.165) is 25.2 Å². The molecule has 2 heterocycles. The number of nitrogens with one attached hydrogen (secondary N) is 1. The predicted octanol–water partition coefficient (Wildman–Crippen LogP) is 3.85. The molecular weight excluding hydrogens is 431 g/mol. The number of fused-ring (bicyclic) bond motifs is 1. The number of nitrogens with two attached hydrogens (primary N) is 1. The molecule has 0 amide bonds. The van der Waals surface area contributed by atoms with Gasteiger partial charge in [-0.3, -0.25) is 9.89 Å². The highest BCUT2D eigenvalue weighted by molar-refractivity contribution is 14.0. The topological polar surface area (TPSA) is 53.6 Å². The van der Waals surface area contributed by atoms with Crippen LogP contribution in [-0.4, -0.2) is 30.0 Å². The monoisotopic (exact) mass is 456 g/mol. The van der Waals surface area contributed by atoms with Crippen molar-refractivity contribution in [2.45, 2.75) is 32.9 Å². The molecule has 1 aliphatic heterocycles. The standard InChI is InChI=1S/C18H24N4S.HI/c1-13-3-5-16(6-4-13)21-18(19)20-11-14(2)22-9-7-17-15(12-22)8-10-23-17;/h3-6,8,10,14H,7,9,11-12H2,1-2H3,(H3,19,20,21);1H. The highest BCUT2D eigenvalue weighted by Gasteiger charge is 2.21. The van der Waals surface area contributed by atoms with Crippen molar-refractivity contribution in [1.82, 2.24) is 4.90 Å². The number of guanidine groups is 1. The molecule has 3 rings (SSSR count). The van der Waals surface area contributed by atoms with Crippen LogP contribution >= 0.6 is 35.3 Å². The Hall–Kier alpha value is -1.12. The van der Waals surface area contributed by atoms with E-state index in [4.69, 9.17) is 5.73 Å². The number of rotatable bonds is 4. The molecule has 6 heteroatoms. The zero-order chi connectivity index (χ0) is 16.2. The molecule has 1 aromatic heterocycles. The number of benzene rings is 1. The van der Waals surface area contributed by atoms with Crippen LogP contribution in [0.25, 0.3) is 0 Å². The lowest BCUT2D eigenvalue weighted by atomic mass is 10.1. The Balaban J connectivity index is 0.00000208. The lowest BCUT2D eigenvalue weighted by molar-refractivity contribution is 0.197. The average Bonchev–Trinajstić information content (AvgIpc) is 3.02. The third kappa shape index (κ3) is 4.94. The first kappa shape index (κ1) is 19.2. The molecular formula is C18H25IN4S. The Labute approximate surface area is 165 Å². The van der Waals surface area contributed by atoms with Gasteiger partial charge in [0.1, 0.15) is 0 Å². The van der Waals surface area contributed by atoms with Gasteiger partial charge in [0, 0.05) is 29.7 Å². The van der Waals surface area contributed by atoms with Gasteiger partial charge in [-0.2, -0.15) is 0 Å². The Morgan fingerprint density at radius 2 is 2.08 bits per heavy atom. The van der Waals surface area contributed by atoms with Crippen molar-refractivity contribution in [3.63, 3.8) is 0 Å². The van der Waals surface area contributed by atoms with Crippen molar-refractivity contribution in [2.75, 3.05) is 18.4 Å². The molecule has 0 spiro atoms. The number of halogens is 1. The molecule has 130 valence electrons. The zero-order valence-corrected chi connectivity index (χ0v) is 17.3. The summed E-state index contributed by atoms with van der Waals surface area (Å²) < 4.78 is 0. The van der Waals surface area contributed by atoms with Gasteiger partial charge in [0.15, 0.2) is 5.96 Å². The van der Waals surface area contributed by atoms with Crippen molar-refractivity contribution >= 4 is 47.0 Å². The Morgan fingerprint density at radius 1 is 1.33 bits per heavy atom. The second kappa shape index (κ2) is 8.82. The maximum atomic E-state index is 6.00. The van der Waals surface area contributed by atoms with Crippen LogP contribution in [0.3, 0.4) is 0 Å². The molecule has 0 fully saturated rings. The Morgan fingerprint density at radius 3 is 2.83 bits per heavy atom. The van der Waals surface area contributed by atoms with Crippen molar-refractivity contribution in [3.8, 4) is 0 Å². The summed E-state index contributed by atoms with van der Waals surface area (Å²) in [7, 11) is 0. The van der Waals surface area contributed by atoms with Crippen LogP contribution in [0, 0.1) is 6.92 Å². The molecule has 4 nitrogen and oxygen atoms in total. The first-order valence-electron chi connectivity index (χ1n) is 8.05. The van der Waals surface area contributed by atoms with Gasteiger partial charge in [-0.05, 0) is 49.4 Å². The molecule has 0 saturated heterocycles. The molecule has 3 N–H and O–H groups in total. The zero-order valence-electron chi connectivity index (χ0n) is 14.2. The third-order valence-electron chi connectivity index (χ3n) is 4.31. The third-order valence-corrected chi connectivity index (χ3v) is 5.33. The van der Waals surface area contributed by atoms with Gasteiger partial charge < -0.3 is 11.1 Å². The van der Waals surface area contributed by atoms with E-state index in [1.54, 1.807) is 0 Å². The quantitative estimate of drug-likeness (QED) is 0.418. The Kier molecular flexibility index (Phi) is 7.06. The van der Waals surface area contributed by atoms with Crippen LogP contribution in [0.2, 0.25) is 0 Å². The highest BCUT2D eigenvalue weighted by atomic mass is 127. The maximum Gasteiger partial charge on any atom is 0.193 e. The van der Waals surface area contributed by atoms with Crippen molar-refractivity contribution in [3.05, 3.63) is 51.7 Å². The van der Waals surface area contributed by atoms with Gasteiger partial charge >= 0.3 is 0 Å². The molecule has 1 aliphatic rings. The largest absolute Gasteiger partial charge is 0.370 e. The summed E-state index contributed by atoms with van der Waals surface area (Å²) in [6.45, 7) is 7.14. The van der Waals surface area contributed by atoms with Gasteiger partial charge in [0.05, 0.1) is 6.54 Å². The predicted molar refractivity (Wildman–Crippen MR) is 115 cm³/mol.